The number of nitrogens with zero attached hydrogens (tertiary/aromatic N) is 2. The minimum Gasteiger partial charge on any atom is -0.388 e. The van der Waals surface area contributed by atoms with Gasteiger partial charge in [-0.1, -0.05) is 0 Å². The van der Waals surface area contributed by atoms with Crippen molar-refractivity contribution in [2.45, 2.75) is 38.8 Å². The van der Waals surface area contributed by atoms with E-state index in [1.807, 2.05) is 22.6 Å². The molecule has 0 bridgehead atoms. The van der Waals surface area contributed by atoms with Gasteiger partial charge in [0, 0.05) is 18.3 Å². The Hall–Kier alpha value is -0.480. The Morgan fingerprint density at radius 1 is 1.56 bits per heavy atom. The average molecular weight is 240 g/mol. The summed E-state index contributed by atoms with van der Waals surface area (Å²) >= 11 is 2.03. The van der Waals surface area contributed by atoms with Gasteiger partial charge in [0.2, 0.25) is 0 Å². The van der Waals surface area contributed by atoms with E-state index in [1.54, 1.807) is 6.20 Å². The normalized spacial score (nSPS) is 19.9. The molecule has 3 nitrogen and oxygen atoms in total. The van der Waals surface area contributed by atoms with Gasteiger partial charge in [-0.2, -0.15) is 16.9 Å². The largest absolute Gasteiger partial charge is 0.388 e. The van der Waals surface area contributed by atoms with E-state index >= 15 is 0 Å². The number of aryl methyl sites for hydroxylation is 1. The third kappa shape index (κ3) is 3.01. The molecule has 16 heavy (non-hydrogen) atoms. The number of hydrogen-bond donors (Lipinski definition) is 1. The number of aromatic nitrogens is 2. The molecule has 1 unspecified atom stereocenters. The van der Waals surface area contributed by atoms with E-state index in [2.05, 4.69) is 12.0 Å². The van der Waals surface area contributed by atoms with Crippen LogP contribution in [0.1, 0.15) is 37.9 Å². The molecule has 0 spiro atoms. The molecule has 1 N–H and O–H groups in total. The summed E-state index contributed by atoms with van der Waals surface area (Å²) in [5.74, 6) is 3.21. The second kappa shape index (κ2) is 5.73. The Bertz CT molecular complexity index is 321. The molecule has 1 atom stereocenters. The Kier molecular flexibility index (Phi) is 4.29. The lowest BCUT2D eigenvalue weighted by atomic mass is 9.93. The third-order valence-electron chi connectivity index (χ3n) is 3.26. The van der Waals surface area contributed by atoms with E-state index in [1.165, 1.54) is 24.3 Å². The van der Waals surface area contributed by atoms with Crippen LogP contribution in [-0.4, -0.2) is 26.4 Å². The molecule has 4 heteroatoms. The van der Waals surface area contributed by atoms with Gasteiger partial charge in [-0.3, -0.25) is 4.68 Å². The van der Waals surface area contributed by atoms with Crippen molar-refractivity contribution in [2.75, 3.05) is 11.5 Å². The molecule has 0 aliphatic carbocycles. The molecule has 2 rings (SSSR count). The van der Waals surface area contributed by atoms with Gasteiger partial charge in [0.05, 0.1) is 12.3 Å². The molecule has 1 fully saturated rings. The van der Waals surface area contributed by atoms with Gasteiger partial charge in [0.15, 0.2) is 0 Å². The summed E-state index contributed by atoms with van der Waals surface area (Å²) in [5.41, 5.74) is 0.972. The van der Waals surface area contributed by atoms with Crippen LogP contribution >= 0.6 is 11.8 Å². The second-order valence-electron chi connectivity index (χ2n) is 4.44. The number of rotatable bonds is 4. The smallest absolute Gasteiger partial charge is 0.0823 e. The van der Waals surface area contributed by atoms with E-state index in [0.29, 0.717) is 5.92 Å². The zero-order valence-corrected chi connectivity index (χ0v) is 10.6. The first-order valence-electron chi connectivity index (χ1n) is 6.07. The molecule has 2 heterocycles. The van der Waals surface area contributed by atoms with E-state index in [9.17, 15) is 5.11 Å². The van der Waals surface area contributed by atoms with E-state index in [0.717, 1.165) is 18.5 Å². The van der Waals surface area contributed by atoms with Crippen molar-refractivity contribution >= 4 is 11.8 Å². The lowest BCUT2D eigenvalue weighted by Crippen LogP contribution is -2.13. The van der Waals surface area contributed by atoms with E-state index < -0.39 is 0 Å². The predicted octanol–water partition coefficient (Wildman–Crippen LogP) is 2.47. The number of hydrogen-bond acceptors (Lipinski definition) is 3. The van der Waals surface area contributed by atoms with Crippen molar-refractivity contribution in [2.24, 2.45) is 5.92 Å². The van der Waals surface area contributed by atoms with Crippen LogP contribution in [0.25, 0.3) is 0 Å². The second-order valence-corrected chi connectivity index (χ2v) is 5.66. The SMILES string of the molecule is CCn1cc(C(O)CC2CCSCC2)cn1. The van der Waals surface area contributed by atoms with Crippen molar-refractivity contribution in [3.63, 3.8) is 0 Å². The molecule has 1 aliphatic rings. The van der Waals surface area contributed by atoms with Crippen molar-refractivity contribution in [3.8, 4) is 0 Å². The molecular weight excluding hydrogens is 220 g/mol. The Morgan fingerprint density at radius 2 is 2.31 bits per heavy atom. The highest BCUT2D eigenvalue weighted by Crippen LogP contribution is 2.30. The maximum Gasteiger partial charge on any atom is 0.0823 e. The average Bonchev–Trinajstić information content (AvgIpc) is 2.79. The number of aliphatic hydroxyl groups is 1. The highest BCUT2D eigenvalue weighted by atomic mass is 32.2. The standard InChI is InChI=1S/C12H20N2OS/c1-2-14-9-11(8-13-14)12(15)7-10-3-5-16-6-4-10/h8-10,12,15H,2-7H2,1H3. The van der Waals surface area contributed by atoms with E-state index in [4.69, 9.17) is 0 Å². The summed E-state index contributed by atoms with van der Waals surface area (Å²) in [6, 6.07) is 0. The molecule has 0 aromatic carbocycles. The molecule has 1 aromatic heterocycles. The monoisotopic (exact) mass is 240 g/mol. The summed E-state index contributed by atoms with van der Waals surface area (Å²) in [4.78, 5) is 0. The Labute approximate surface area is 101 Å². The van der Waals surface area contributed by atoms with Crippen LogP contribution in [0.2, 0.25) is 0 Å². The quantitative estimate of drug-likeness (QED) is 0.878. The summed E-state index contributed by atoms with van der Waals surface area (Å²) in [5, 5.41) is 14.3. The predicted molar refractivity (Wildman–Crippen MR) is 67.5 cm³/mol. The van der Waals surface area contributed by atoms with Gasteiger partial charge in [-0.15, -0.1) is 0 Å². The maximum atomic E-state index is 10.1. The lowest BCUT2D eigenvalue weighted by Gasteiger charge is -2.23. The van der Waals surface area contributed by atoms with Crippen LogP contribution in [0.15, 0.2) is 12.4 Å². The summed E-state index contributed by atoms with van der Waals surface area (Å²) in [6.45, 7) is 2.92. The van der Waals surface area contributed by atoms with Crippen molar-refractivity contribution in [3.05, 3.63) is 18.0 Å². The minimum atomic E-state index is -0.326. The molecule has 90 valence electrons. The highest BCUT2D eigenvalue weighted by molar-refractivity contribution is 7.99. The fourth-order valence-electron chi connectivity index (χ4n) is 2.16. The Morgan fingerprint density at radius 3 is 2.94 bits per heavy atom. The first kappa shape index (κ1) is 12.0. The molecule has 0 radical (unpaired) electrons. The molecule has 0 amide bonds. The molecule has 1 aliphatic heterocycles. The summed E-state index contributed by atoms with van der Waals surface area (Å²) < 4.78 is 1.87. The van der Waals surface area contributed by atoms with Gasteiger partial charge in [-0.25, -0.2) is 0 Å². The molecular formula is C12H20N2OS. The first-order chi connectivity index (χ1) is 7.79. The zero-order valence-electron chi connectivity index (χ0n) is 9.80. The topological polar surface area (TPSA) is 38.0 Å². The lowest BCUT2D eigenvalue weighted by molar-refractivity contribution is 0.141. The molecule has 0 saturated carbocycles. The van der Waals surface area contributed by atoms with Gasteiger partial charge < -0.3 is 5.11 Å². The Balaban J connectivity index is 1.88. The van der Waals surface area contributed by atoms with Gasteiger partial charge in [0.1, 0.15) is 0 Å². The van der Waals surface area contributed by atoms with Gasteiger partial charge in [0.25, 0.3) is 0 Å². The van der Waals surface area contributed by atoms with Crippen molar-refractivity contribution < 1.29 is 5.11 Å². The van der Waals surface area contributed by atoms with Crippen molar-refractivity contribution in [1.82, 2.24) is 9.78 Å². The summed E-state index contributed by atoms with van der Waals surface area (Å²) in [6.07, 6.45) is 6.84. The van der Waals surface area contributed by atoms with Crippen LogP contribution in [0.4, 0.5) is 0 Å². The third-order valence-corrected chi connectivity index (χ3v) is 4.31. The van der Waals surface area contributed by atoms with Gasteiger partial charge in [-0.05, 0) is 43.6 Å². The molecule has 1 aromatic rings. The van der Waals surface area contributed by atoms with Crippen LogP contribution < -0.4 is 0 Å². The minimum absolute atomic E-state index is 0.326. The fourth-order valence-corrected chi connectivity index (χ4v) is 3.36. The maximum absolute atomic E-state index is 10.1. The van der Waals surface area contributed by atoms with Gasteiger partial charge >= 0.3 is 0 Å². The highest BCUT2D eigenvalue weighted by Gasteiger charge is 2.19. The zero-order chi connectivity index (χ0) is 11.4. The van der Waals surface area contributed by atoms with Crippen LogP contribution in [0.3, 0.4) is 0 Å². The van der Waals surface area contributed by atoms with Crippen LogP contribution in [-0.2, 0) is 6.54 Å². The first-order valence-corrected chi connectivity index (χ1v) is 7.23. The molecule has 1 saturated heterocycles. The van der Waals surface area contributed by atoms with E-state index in [-0.39, 0.29) is 6.10 Å². The van der Waals surface area contributed by atoms with Crippen LogP contribution in [0, 0.1) is 5.92 Å². The van der Waals surface area contributed by atoms with Crippen LogP contribution in [0.5, 0.6) is 0 Å². The summed E-state index contributed by atoms with van der Waals surface area (Å²) in [7, 11) is 0. The van der Waals surface area contributed by atoms with Crippen molar-refractivity contribution in [1.29, 1.82) is 0 Å². The number of thioether (sulfide) groups is 1. The number of aliphatic hydroxyl groups excluding tert-OH is 1. The fraction of sp³-hybridized carbons (Fsp3) is 0.750.